The third-order valence-corrected chi connectivity index (χ3v) is 3.22. The molecule has 0 fully saturated rings. The van der Waals surface area contributed by atoms with Crippen LogP contribution in [0.25, 0.3) is 21.8 Å². The molecule has 0 saturated carbocycles. The van der Waals surface area contributed by atoms with Crippen molar-refractivity contribution in [3.05, 3.63) is 40.9 Å². The highest BCUT2D eigenvalue weighted by Gasteiger charge is 2.04. The molecular formula is C13H9BrN2. The fourth-order valence-corrected chi connectivity index (χ4v) is 2.32. The molecule has 3 rings (SSSR count). The van der Waals surface area contributed by atoms with E-state index >= 15 is 0 Å². The Hall–Kier alpha value is -1.61. The number of rotatable bonds is 1. The predicted octanol–water partition coefficient (Wildman–Crippen LogP) is 4.42. The normalized spacial score (nSPS) is 11.1. The molecule has 16 heavy (non-hydrogen) atoms. The summed E-state index contributed by atoms with van der Waals surface area (Å²) in [6.07, 6.45) is 0. The van der Waals surface area contributed by atoms with Gasteiger partial charge in [-0.05, 0) is 43.1 Å². The summed E-state index contributed by atoms with van der Waals surface area (Å²) in [5, 5.41) is 2.39. The van der Waals surface area contributed by atoms with Gasteiger partial charge in [-0.2, -0.15) is 0 Å². The van der Waals surface area contributed by atoms with Crippen molar-refractivity contribution < 1.29 is 0 Å². The first-order valence-corrected chi connectivity index (χ1v) is 5.75. The molecule has 3 aromatic rings. The summed E-state index contributed by atoms with van der Waals surface area (Å²) in [4.78, 5) is 7.33. The standard InChI is InChI=1S/C13H9BrN2/c1-15-9-3-5-13-11(7-9)10-6-8(14)2-4-12(10)16-13/h2-7,16H,1H2. The van der Waals surface area contributed by atoms with Crippen molar-refractivity contribution in [2.45, 2.75) is 0 Å². The number of benzene rings is 2. The van der Waals surface area contributed by atoms with E-state index in [9.17, 15) is 0 Å². The third-order valence-electron chi connectivity index (χ3n) is 2.73. The molecule has 0 bridgehead atoms. The molecule has 0 spiro atoms. The van der Waals surface area contributed by atoms with E-state index in [1.54, 1.807) is 0 Å². The van der Waals surface area contributed by atoms with Gasteiger partial charge in [0, 0.05) is 26.3 Å². The molecule has 1 N–H and O–H groups in total. The second-order valence-electron chi connectivity index (χ2n) is 3.70. The second kappa shape index (κ2) is 3.46. The van der Waals surface area contributed by atoms with E-state index in [1.807, 2.05) is 24.3 Å². The lowest BCUT2D eigenvalue weighted by Gasteiger charge is -1.94. The Morgan fingerprint density at radius 2 is 1.69 bits per heavy atom. The molecule has 1 aromatic heterocycles. The zero-order valence-corrected chi connectivity index (χ0v) is 10.1. The predicted molar refractivity (Wildman–Crippen MR) is 72.7 cm³/mol. The number of fused-ring (bicyclic) bond motifs is 3. The van der Waals surface area contributed by atoms with Crippen LogP contribution in [0.4, 0.5) is 5.69 Å². The minimum atomic E-state index is 0.897. The zero-order chi connectivity index (χ0) is 11.1. The summed E-state index contributed by atoms with van der Waals surface area (Å²) in [5.41, 5.74) is 3.16. The van der Waals surface area contributed by atoms with Crippen LogP contribution in [0.5, 0.6) is 0 Å². The van der Waals surface area contributed by atoms with E-state index < -0.39 is 0 Å². The molecule has 2 nitrogen and oxygen atoms in total. The Morgan fingerprint density at radius 3 is 2.44 bits per heavy atom. The summed E-state index contributed by atoms with van der Waals surface area (Å²) in [7, 11) is 0. The summed E-state index contributed by atoms with van der Waals surface area (Å²) in [5.74, 6) is 0. The average molecular weight is 273 g/mol. The molecular weight excluding hydrogens is 264 g/mol. The zero-order valence-electron chi connectivity index (χ0n) is 8.50. The average Bonchev–Trinajstić information content (AvgIpc) is 2.66. The van der Waals surface area contributed by atoms with Crippen LogP contribution in [-0.2, 0) is 0 Å². The molecule has 0 saturated heterocycles. The molecule has 0 aliphatic heterocycles. The van der Waals surface area contributed by atoms with Crippen LogP contribution >= 0.6 is 15.9 Å². The van der Waals surface area contributed by atoms with E-state index in [0.29, 0.717) is 0 Å². The lowest BCUT2D eigenvalue weighted by atomic mass is 10.1. The van der Waals surface area contributed by atoms with Crippen LogP contribution in [0, 0.1) is 0 Å². The van der Waals surface area contributed by atoms with Gasteiger partial charge in [0.05, 0.1) is 5.69 Å². The number of aliphatic imine (C=N–C) groups is 1. The van der Waals surface area contributed by atoms with Crippen LogP contribution in [0.2, 0.25) is 0 Å². The van der Waals surface area contributed by atoms with Gasteiger partial charge in [-0.1, -0.05) is 15.9 Å². The largest absolute Gasteiger partial charge is 0.355 e. The van der Waals surface area contributed by atoms with Gasteiger partial charge in [-0.3, -0.25) is 4.99 Å². The molecule has 3 heteroatoms. The molecule has 0 radical (unpaired) electrons. The van der Waals surface area contributed by atoms with E-state index in [4.69, 9.17) is 0 Å². The Balaban J connectivity index is 2.49. The topological polar surface area (TPSA) is 28.1 Å². The van der Waals surface area contributed by atoms with Gasteiger partial charge in [-0.15, -0.1) is 0 Å². The number of nitrogens with zero attached hydrogens (tertiary/aromatic N) is 1. The fourth-order valence-electron chi connectivity index (χ4n) is 1.96. The van der Waals surface area contributed by atoms with E-state index in [0.717, 1.165) is 21.2 Å². The molecule has 0 unspecified atom stereocenters. The highest BCUT2D eigenvalue weighted by Crippen LogP contribution is 2.30. The van der Waals surface area contributed by atoms with Gasteiger partial charge in [0.15, 0.2) is 0 Å². The maximum absolute atomic E-state index is 3.95. The van der Waals surface area contributed by atoms with Crippen molar-refractivity contribution in [1.29, 1.82) is 0 Å². The van der Waals surface area contributed by atoms with Gasteiger partial charge < -0.3 is 4.98 Å². The minimum absolute atomic E-state index is 0.897. The smallest absolute Gasteiger partial charge is 0.0630 e. The number of aromatic nitrogens is 1. The van der Waals surface area contributed by atoms with Gasteiger partial charge in [0.25, 0.3) is 0 Å². The Labute approximate surface area is 101 Å². The fraction of sp³-hybridized carbons (Fsp3) is 0. The second-order valence-corrected chi connectivity index (χ2v) is 4.62. The number of hydrogen-bond acceptors (Lipinski definition) is 1. The van der Waals surface area contributed by atoms with E-state index in [1.165, 1.54) is 10.8 Å². The highest BCUT2D eigenvalue weighted by atomic mass is 79.9. The van der Waals surface area contributed by atoms with Crippen molar-refractivity contribution in [3.63, 3.8) is 0 Å². The summed E-state index contributed by atoms with van der Waals surface area (Å²) in [6.45, 7) is 3.55. The van der Waals surface area contributed by atoms with Crippen molar-refractivity contribution in [1.82, 2.24) is 4.98 Å². The van der Waals surface area contributed by atoms with Crippen LogP contribution in [-0.4, -0.2) is 11.7 Å². The molecule has 0 amide bonds. The minimum Gasteiger partial charge on any atom is -0.355 e. The van der Waals surface area contributed by atoms with Crippen LogP contribution in [0.1, 0.15) is 0 Å². The van der Waals surface area contributed by atoms with Crippen molar-refractivity contribution in [2.24, 2.45) is 4.99 Å². The Bertz CT molecular complexity index is 698. The number of halogens is 1. The van der Waals surface area contributed by atoms with Gasteiger partial charge in [0.1, 0.15) is 0 Å². The van der Waals surface area contributed by atoms with Crippen molar-refractivity contribution in [2.75, 3.05) is 0 Å². The highest BCUT2D eigenvalue weighted by molar-refractivity contribution is 9.10. The maximum Gasteiger partial charge on any atom is 0.0630 e. The Morgan fingerprint density at radius 1 is 1.00 bits per heavy atom. The first kappa shape index (κ1) is 9.60. The molecule has 2 aromatic carbocycles. The molecule has 78 valence electrons. The summed E-state index contributed by atoms with van der Waals surface area (Å²) in [6, 6.07) is 12.3. The number of hydrogen-bond donors (Lipinski definition) is 1. The molecule has 0 aliphatic rings. The molecule has 0 aliphatic carbocycles. The van der Waals surface area contributed by atoms with Crippen molar-refractivity contribution in [3.8, 4) is 0 Å². The van der Waals surface area contributed by atoms with Crippen molar-refractivity contribution >= 4 is 50.1 Å². The van der Waals surface area contributed by atoms with E-state index in [2.05, 4.69) is 44.8 Å². The maximum atomic E-state index is 3.95. The lowest BCUT2D eigenvalue weighted by Crippen LogP contribution is -1.67. The van der Waals surface area contributed by atoms with Gasteiger partial charge >= 0.3 is 0 Å². The monoisotopic (exact) mass is 272 g/mol. The molecule has 1 heterocycles. The van der Waals surface area contributed by atoms with Gasteiger partial charge in [0.2, 0.25) is 0 Å². The SMILES string of the molecule is C=Nc1ccc2[nH]c3ccc(Br)cc3c2c1. The summed E-state index contributed by atoms with van der Waals surface area (Å²) < 4.78 is 1.08. The third kappa shape index (κ3) is 1.36. The first-order chi connectivity index (χ1) is 7.78. The Kier molecular flexibility index (Phi) is 2.07. The first-order valence-electron chi connectivity index (χ1n) is 4.95. The number of H-pyrrole nitrogens is 1. The lowest BCUT2D eigenvalue weighted by molar-refractivity contribution is 1.53. The van der Waals surface area contributed by atoms with Gasteiger partial charge in [-0.25, -0.2) is 0 Å². The summed E-state index contributed by atoms with van der Waals surface area (Å²) >= 11 is 3.49. The number of nitrogens with one attached hydrogen (secondary N) is 1. The van der Waals surface area contributed by atoms with Crippen LogP contribution in [0.3, 0.4) is 0 Å². The van der Waals surface area contributed by atoms with Crippen LogP contribution < -0.4 is 0 Å². The molecule has 0 atom stereocenters. The van der Waals surface area contributed by atoms with E-state index in [-0.39, 0.29) is 0 Å². The quantitative estimate of drug-likeness (QED) is 0.636. The number of aromatic amines is 1. The van der Waals surface area contributed by atoms with Crippen LogP contribution in [0.15, 0.2) is 45.9 Å².